The highest BCUT2D eigenvalue weighted by atomic mass is 19.4. The molecule has 8 heteroatoms. The van der Waals surface area contributed by atoms with E-state index in [1.807, 2.05) is 30.3 Å². The molecule has 2 aromatic rings. The molecule has 0 aliphatic heterocycles. The van der Waals surface area contributed by atoms with E-state index >= 15 is 0 Å². The summed E-state index contributed by atoms with van der Waals surface area (Å²) in [6.07, 6.45) is -4.77. The molecule has 0 radical (unpaired) electrons. The number of carbonyl (C=O) groups excluding carboxylic acids is 2. The number of hydrogen-bond acceptors (Lipinski definition) is 3. The van der Waals surface area contributed by atoms with Crippen molar-refractivity contribution < 1.29 is 27.5 Å². The zero-order valence-corrected chi connectivity index (χ0v) is 14.7. The van der Waals surface area contributed by atoms with Crippen molar-refractivity contribution in [1.29, 1.82) is 0 Å². The molecule has 0 saturated carbocycles. The predicted octanol–water partition coefficient (Wildman–Crippen LogP) is 3.64. The quantitative estimate of drug-likeness (QED) is 0.779. The van der Waals surface area contributed by atoms with Gasteiger partial charge >= 0.3 is 18.2 Å². The molecule has 0 aliphatic carbocycles. The van der Waals surface area contributed by atoms with Crippen LogP contribution in [-0.4, -0.2) is 18.2 Å². The lowest BCUT2D eigenvalue weighted by Gasteiger charge is -2.17. The van der Waals surface area contributed by atoms with Crippen LogP contribution >= 0.6 is 0 Å². The Hall–Kier alpha value is -3.03. The Morgan fingerprint density at radius 1 is 0.815 bits per heavy atom. The molecule has 2 N–H and O–H groups in total. The molecule has 5 nitrogen and oxygen atoms in total. The SMILES string of the molecule is C[C@H](NC(=O)C(=O)N[C@@H](C)c1ccc(OC(F)(F)F)cc1)c1ccccc1. The lowest BCUT2D eigenvalue weighted by atomic mass is 10.1. The molecule has 144 valence electrons. The zero-order valence-electron chi connectivity index (χ0n) is 14.7. The van der Waals surface area contributed by atoms with E-state index in [1.165, 1.54) is 12.1 Å². The lowest BCUT2D eigenvalue weighted by molar-refractivity contribution is -0.274. The van der Waals surface area contributed by atoms with Gasteiger partial charge in [-0.3, -0.25) is 9.59 Å². The minimum atomic E-state index is -4.77. The van der Waals surface area contributed by atoms with Crippen molar-refractivity contribution in [3.8, 4) is 5.75 Å². The molecular weight excluding hydrogens is 361 g/mol. The average Bonchev–Trinajstić information content (AvgIpc) is 2.61. The second-order valence-corrected chi connectivity index (χ2v) is 5.92. The molecule has 0 fully saturated rings. The molecule has 0 bridgehead atoms. The fourth-order valence-electron chi connectivity index (χ4n) is 2.39. The van der Waals surface area contributed by atoms with Gasteiger partial charge in [-0.05, 0) is 37.1 Å². The lowest BCUT2D eigenvalue weighted by Crippen LogP contribution is -2.41. The van der Waals surface area contributed by atoms with Crippen LogP contribution in [0.25, 0.3) is 0 Å². The van der Waals surface area contributed by atoms with Gasteiger partial charge in [0.05, 0.1) is 12.1 Å². The van der Waals surface area contributed by atoms with E-state index in [2.05, 4.69) is 15.4 Å². The zero-order chi connectivity index (χ0) is 20.0. The number of amides is 2. The first-order valence-electron chi connectivity index (χ1n) is 8.17. The van der Waals surface area contributed by atoms with E-state index in [4.69, 9.17) is 0 Å². The van der Waals surface area contributed by atoms with Crippen LogP contribution < -0.4 is 15.4 Å². The average molecular weight is 380 g/mol. The van der Waals surface area contributed by atoms with Gasteiger partial charge in [0.1, 0.15) is 5.75 Å². The van der Waals surface area contributed by atoms with Crippen LogP contribution in [0, 0.1) is 0 Å². The number of ether oxygens (including phenoxy) is 1. The van der Waals surface area contributed by atoms with Crippen molar-refractivity contribution in [2.75, 3.05) is 0 Å². The standard InChI is InChI=1S/C19H19F3N2O3/c1-12(14-6-4-3-5-7-14)23-17(25)18(26)24-13(2)15-8-10-16(11-9-15)27-19(20,21)22/h3-13H,1-2H3,(H,23,25)(H,24,26)/t12-,13-/m0/s1. The molecule has 0 saturated heterocycles. The van der Waals surface area contributed by atoms with Crippen LogP contribution in [0.1, 0.15) is 37.1 Å². The van der Waals surface area contributed by atoms with Crippen LogP contribution in [0.5, 0.6) is 5.75 Å². The third kappa shape index (κ3) is 6.32. The van der Waals surface area contributed by atoms with Crippen molar-refractivity contribution in [2.45, 2.75) is 32.3 Å². The minimum Gasteiger partial charge on any atom is -0.406 e. The summed E-state index contributed by atoms with van der Waals surface area (Å²) in [7, 11) is 0. The molecule has 2 amide bonds. The van der Waals surface area contributed by atoms with Crippen LogP contribution in [0.2, 0.25) is 0 Å². The summed E-state index contributed by atoms with van der Waals surface area (Å²) >= 11 is 0. The highest BCUT2D eigenvalue weighted by Crippen LogP contribution is 2.24. The number of hydrogen-bond donors (Lipinski definition) is 2. The van der Waals surface area contributed by atoms with Gasteiger partial charge in [0.2, 0.25) is 0 Å². The second-order valence-electron chi connectivity index (χ2n) is 5.92. The van der Waals surface area contributed by atoms with E-state index in [1.54, 1.807) is 13.8 Å². The molecular formula is C19H19F3N2O3. The first kappa shape index (κ1) is 20.3. The highest BCUT2D eigenvalue weighted by molar-refractivity contribution is 6.35. The van der Waals surface area contributed by atoms with E-state index in [-0.39, 0.29) is 11.8 Å². The number of carbonyl (C=O) groups is 2. The van der Waals surface area contributed by atoms with Gasteiger partial charge in [0.15, 0.2) is 0 Å². The molecule has 2 aromatic carbocycles. The Labute approximate surface area is 154 Å². The topological polar surface area (TPSA) is 67.4 Å². The van der Waals surface area contributed by atoms with Gasteiger partial charge in [-0.2, -0.15) is 0 Å². The maximum Gasteiger partial charge on any atom is 0.573 e. The third-order valence-corrected chi connectivity index (χ3v) is 3.81. The normalized spacial score (nSPS) is 13.4. The number of alkyl halides is 3. The highest BCUT2D eigenvalue weighted by Gasteiger charge is 2.31. The van der Waals surface area contributed by atoms with Gasteiger partial charge in [0.25, 0.3) is 0 Å². The maximum atomic E-state index is 12.2. The second kappa shape index (κ2) is 8.57. The summed E-state index contributed by atoms with van der Waals surface area (Å²) in [5, 5.41) is 5.10. The summed E-state index contributed by atoms with van der Waals surface area (Å²) in [5.74, 6) is -1.99. The Balaban J connectivity index is 1.91. The molecule has 0 aliphatic rings. The Morgan fingerprint density at radius 2 is 1.26 bits per heavy atom. The Bertz CT molecular complexity index is 777. The van der Waals surface area contributed by atoms with Crippen molar-refractivity contribution in [3.05, 3.63) is 65.7 Å². The molecule has 2 rings (SSSR count). The third-order valence-electron chi connectivity index (χ3n) is 3.81. The van der Waals surface area contributed by atoms with Crippen LogP contribution in [0.3, 0.4) is 0 Å². The molecule has 0 unspecified atom stereocenters. The van der Waals surface area contributed by atoms with E-state index in [9.17, 15) is 22.8 Å². The molecule has 2 atom stereocenters. The summed E-state index contributed by atoms with van der Waals surface area (Å²) in [6, 6.07) is 13.3. The van der Waals surface area contributed by atoms with Crippen LogP contribution in [0.15, 0.2) is 54.6 Å². The summed E-state index contributed by atoms with van der Waals surface area (Å²) in [4.78, 5) is 24.1. The number of benzene rings is 2. The minimum absolute atomic E-state index is 0.349. The molecule has 0 heterocycles. The first-order valence-corrected chi connectivity index (χ1v) is 8.17. The number of halogens is 3. The van der Waals surface area contributed by atoms with Gasteiger partial charge in [-0.15, -0.1) is 13.2 Å². The van der Waals surface area contributed by atoms with Crippen LogP contribution in [-0.2, 0) is 9.59 Å². The van der Waals surface area contributed by atoms with E-state index in [0.717, 1.165) is 17.7 Å². The van der Waals surface area contributed by atoms with Gasteiger partial charge in [-0.1, -0.05) is 42.5 Å². The largest absolute Gasteiger partial charge is 0.573 e. The Morgan fingerprint density at radius 3 is 1.70 bits per heavy atom. The summed E-state index contributed by atoms with van der Waals surface area (Å²) < 4.78 is 40.3. The number of nitrogens with one attached hydrogen (secondary N) is 2. The molecule has 0 aromatic heterocycles. The smallest absolute Gasteiger partial charge is 0.406 e. The fourth-order valence-corrected chi connectivity index (χ4v) is 2.39. The molecule has 27 heavy (non-hydrogen) atoms. The van der Waals surface area contributed by atoms with E-state index < -0.39 is 24.2 Å². The molecule has 0 spiro atoms. The number of rotatable bonds is 5. The van der Waals surface area contributed by atoms with Crippen molar-refractivity contribution >= 4 is 11.8 Å². The summed E-state index contributed by atoms with van der Waals surface area (Å²) in [6.45, 7) is 3.37. The predicted molar refractivity (Wildman–Crippen MR) is 92.7 cm³/mol. The summed E-state index contributed by atoms with van der Waals surface area (Å²) in [5.41, 5.74) is 1.38. The van der Waals surface area contributed by atoms with Crippen molar-refractivity contribution in [1.82, 2.24) is 10.6 Å². The van der Waals surface area contributed by atoms with Crippen molar-refractivity contribution in [3.63, 3.8) is 0 Å². The monoisotopic (exact) mass is 380 g/mol. The van der Waals surface area contributed by atoms with Gasteiger partial charge in [-0.25, -0.2) is 0 Å². The maximum absolute atomic E-state index is 12.2. The van der Waals surface area contributed by atoms with Crippen molar-refractivity contribution in [2.24, 2.45) is 0 Å². The first-order chi connectivity index (χ1) is 12.7. The van der Waals surface area contributed by atoms with Gasteiger partial charge in [0, 0.05) is 0 Å². The Kier molecular flexibility index (Phi) is 6.44. The van der Waals surface area contributed by atoms with E-state index in [0.29, 0.717) is 5.56 Å². The fraction of sp³-hybridized carbons (Fsp3) is 0.263. The van der Waals surface area contributed by atoms with Crippen LogP contribution in [0.4, 0.5) is 13.2 Å². The van der Waals surface area contributed by atoms with Gasteiger partial charge < -0.3 is 15.4 Å².